The first-order valence-electron chi connectivity index (χ1n) is 9.72. The second-order valence-electron chi connectivity index (χ2n) is 6.65. The van der Waals surface area contributed by atoms with E-state index in [4.69, 9.17) is 25.3 Å². The van der Waals surface area contributed by atoms with E-state index in [1.807, 2.05) is 36.4 Å². The van der Waals surface area contributed by atoms with E-state index < -0.39 is 18.0 Å². The van der Waals surface area contributed by atoms with Gasteiger partial charge in [0.2, 0.25) is 0 Å². The summed E-state index contributed by atoms with van der Waals surface area (Å²) in [6, 6.07) is 10.3. The number of anilines is 1. The van der Waals surface area contributed by atoms with Crippen molar-refractivity contribution < 1.29 is 24.2 Å². The zero-order valence-corrected chi connectivity index (χ0v) is 17.6. The van der Waals surface area contributed by atoms with Crippen molar-refractivity contribution in [3.63, 3.8) is 0 Å². The zero-order chi connectivity index (χ0) is 21.5. The standard InChI is InChI=1S/C21H25N3O5S/c1-2-29-21(27)18-15(14-6-4-3-5-7-14)12-17(24-8-10-28-11-9-24)23-19(18)30-13-16(22)20(25)26/h3-7,12,16H,2,8-11,13,22H2,1H3,(H,25,26)/t16-/m0/s1. The average molecular weight is 432 g/mol. The molecule has 30 heavy (non-hydrogen) atoms. The van der Waals surface area contributed by atoms with Gasteiger partial charge in [-0.1, -0.05) is 30.3 Å². The smallest absolute Gasteiger partial charge is 0.341 e. The summed E-state index contributed by atoms with van der Waals surface area (Å²) in [6.45, 7) is 4.50. The number of hydrogen-bond donors (Lipinski definition) is 2. The number of morpholine rings is 1. The summed E-state index contributed by atoms with van der Waals surface area (Å²) in [5.74, 6) is -0.816. The Balaban J connectivity index is 2.11. The van der Waals surface area contributed by atoms with E-state index >= 15 is 0 Å². The summed E-state index contributed by atoms with van der Waals surface area (Å²) >= 11 is 1.15. The van der Waals surface area contributed by atoms with Gasteiger partial charge in [-0.2, -0.15) is 0 Å². The molecule has 0 saturated carbocycles. The van der Waals surface area contributed by atoms with Crippen LogP contribution in [0.5, 0.6) is 0 Å². The highest BCUT2D eigenvalue weighted by molar-refractivity contribution is 7.99. The quantitative estimate of drug-likeness (QED) is 0.480. The van der Waals surface area contributed by atoms with Crippen LogP contribution < -0.4 is 10.6 Å². The van der Waals surface area contributed by atoms with Crippen LogP contribution in [0.4, 0.5) is 5.82 Å². The number of aromatic nitrogens is 1. The van der Waals surface area contributed by atoms with Gasteiger partial charge in [0.15, 0.2) is 0 Å². The van der Waals surface area contributed by atoms with E-state index in [2.05, 4.69) is 4.90 Å². The molecule has 0 amide bonds. The van der Waals surface area contributed by atoms with Crippen molar-refractivity contribution in [3.8, 4) is 11.1 Å². The van der Waals surface area contributed by atoms with Crippen molar-refractivity contribution in [2.45, 2.75) is 18.0 Å². The molecule has 0 bridgehead atoms. The fourth-order valence-electron chi connectivity index (χ4n) is 3.05. The molecule has 8 nitrogen and oxygen atoms in total. The molecule has 1 aliphatic heterocycles. The second kappa shape index (κ2) is 10.4. The Hall–Kier alpha value is -2.62. The molecule has 0 spiro atoms. The lowest BCUT2D eigenvalue weighted by molar-refractivity contribution is -0.137. The Morgan fingerprint density at radius 1 is 1.30 bits per heavy atom. The molecular weight excluding hydrogens is 406 g/mol. The predicted molar refractivity (Wildman–Crippen MR) is 115 cm³/mol. The maximum absolute atomic E-state index is 12.9. The SMILES string of the molecule is CCOC(=O)c1c(-c2ccccc2)cc(N2CCOCC2)nc1SC[C@H](N)C(=O)O. The van der Waals surface area contributed by atoms with Crippen LogP contribution in [-0.2, 0) is 14.3 Å². The molecule has 1 aromatic carbocycles. The molecule has 1 saturated heterocycles. The maximum atomic E-state index is 12.9. The van der Waals surface area contributed by atoms with Gasteiger partial charge in [-0.3, -0.25) is 4.79 Å². The molecule has 160 valence electrons. The van der Waals surface area contributed by atoms with E-state index in [0.29, 0.717) is 48.3 Å². The summed E-state index contributed by atoms with van der Waals surface area (Å²) < 4.78 is 10.7. The molecule has 2 aromatic rings. The number of esters is 1. The first kappa shape index (κ1) is 22.1. The third-order valence-corrected chi connectivity index (χ3v) is 5.68. The molecule has 3 rings (SSSR count). The largest absolute Gasteiger partial charge is 0.480 e. The Bertz CT molecular complexity index is 888. The van der Waals surface area contributed by atoms with Gasteiger partial charge < -0.3 is 25.2 Å². The van der Waals surface area contributed by atoms with Crippen LogP contribution in [0.1, 0.15) is 17.3 Å². The molecule has 0 aliphatic carbocycles. The van der Waals surface area contributed by atoms with Gasteiger partial charge in [0.25, 0.3) is 0 Å². The number of carboxylic acid groups (broad SMARTS) is 1. The Morgan fingerprint density at radius 2 is 2.00 bits per heavy atom. The Labute approximate surface area is 179 Å². The number of benzene rings is 1. The predicted octanol–water partition coefficient (Wildman–Crippen LogP) is 2.27. The lowest BCUT2D eigenvalue weighted by Gasteiger charge is -2.29. The fourth-order valence-corrected chi connectivity index (χ4v) is 4.03. The highest BCUT2D eigenvalue weighted by Gasteiger charge is 2.25. The van der Waals surface area contributed by atoms with Crippen molar-refractivity contribution in [2.24, 2.45) is 5.73 Å². The first-order chi connectivity index (χ1) is 14.5. The highest BCUT2D eigenvalue weighted by atomic mass is 32.2. The monoisotopic (exact) mass is 431 g/mol. The molecule has 0 radical (unpaired) electrons. The Kier molecular flexibility index (Phi) is 7.67. The lowest BCUT2D eigenvalue weighted by atomic mass is 10.0. The minimum Gasteiger partial charge on any atom is -0.480 e. The second-order valence-corrected chi connectivity index (χ2v) is 7.66. The van der Waals surface area contributed by atoms with Gasteiger partial charge in [-0.25, -0.2) is 9.78 Å². The maximum Gasteiger partial charge on any atom is 0.341 e. The molecule has 1 aliphatic rings. The minimum atomic E-state index is -1.10. The van der Waals surface area contributed by atoms with Crippen molar-refractivity contribution in [2.75, 3.05) is 43.6 Å². The number of carboxylic acids is 1. The topological polar surface area (TPSA) is 115 Å². The van der Waals surface area contributed by atoms with Crippen molar-refractivity contribution in [3.05, 3.63) is 42.0 Å². The number of rotatable bonds is 8. The molecule has 9 heteroatoms. The lowest BCUT2D eigenvalue weighted by Crippen LogP contribution is -2.37. The number of aliphatic carboxylic acids is 1. The summed E-state index contributed by atoms with van der Waals surface area (Å²) in [4.78, 5) is 30.8. The number of pyridine rings is 1. The normalized spacial score (nSPS) is 14.9. The molecular formula is C21H25N3O5S. The summed E-state index contributed by atoms with van der Waals surface area (Å²) in [7, 11) is 0. The molecule has 0 unspecified atom stereocenters. The molecule has 2 heterocycles. The number of nitrogens with two attached hydrogens (primary N) is 1. The van der Waals surface area contributed by atoms with E-state index in [0.717, 1.165) is 17.3 Å². The van der Waals surface area contributed by atoms with Crippen LogP contribution in [0.2, 0.25) is 0 Å². The number of hydrogen-bond acceptors (Lipinski definition) is 8. The third-order valence-electron chi connectivity index (χ3n) is 4.59. The van der Waals surface area contributed by atoms with Gasteiger partial charge in [0.05, 0.1) is 25.4 Å². The van der Waals surface area contributed by atoms with Gasteiger partial charge in [-0.05, 0) is 18.6 Å². The average Bonchev–Trinajstić information content (AvgIpc) is 2.78. The first-order valence-corrected chi connectivity index (χ1v) is 10.7. The minimum absolute atomic E-state index is 0.0789. The number of ether oxygens (including phenoxy) is 2. The van der Waals surface area contributed by atoms with E-state index in [1.165, 1.54) is 0 Å². The highest BCUT2D eigenvalue weighted by Crippen LogP contribution is 2.35. The van der Waals surface area contributed by atoms with Gasteiger partial charge in [-0.15, -0.1) is 11.8 Å². The Morgan fingerprint density at radius 3 is 2.63 bits per heavy atom. The van der Waals surface area contributed by atoms with Gasteiger partial charge in [0.1, 0.15) is 16.9 Å². The number of nitrogens with zero attached hydrogens (tertiary/aromatic N) is 2. The van der Waals surface area contributed by atoms with Crippen molar-refractivity contribution in [1.29, 1.82) is 0 Å². The van der Waals surface area contributed by atoms with Gasteiger partial charge in [0, 0.05) is 24.4 Å². The fraction of sp³-hybridized carbons (Fsp3) is 0.381. The summed E-state index contributed by atoms with van der Waals surface area (Å²) in [5.41, 5.74) is 7.55. The van der Waals surface area contributed by atoms with E-state index in [1.54, 1.807) is 6.92 Å². The molecule has 3 N–H and O–H groups in total. The zero-order valence-electron chi connectivity index (χ0n) is 16.7. The number of carbonyl (C=O) groups is 2. The summed E-state index contributed by atoms with van der Waals surface area (Å²) in [5, 5.41) is 9.55. The molecule has 1 aromatic heterocycles. The van der Waals surface area contributed by atoms with Crippen molar-refractivity contribution in [1.82, 2.24) is 4.98 Å². The van der Waals surface area contributed by atoms with E-state index in [9.17, 15) is 9.59 Å². The molecule has 1 atom stereocenters. The van der Waals surface area contributed by atoms with Crippen LogP contribution in [0.3, 0.4) is 0 Å². The van der Waals surface area contributed by atoms with Crippen LogP contribution in [-0.4, -0.2) is 66.7 Å². The van der Waals surface area contributed by atoms with Crippen LogP contribution in [0, 0.1) is 0 Å². The van der Waals surface area contributed by atoms with Crippen LogP contribution in [0.25, 0.3) is 11.1 Å². The third kappa shape index (κ3) is 5.29. The van der Waals surface area contributed by atoms with Gasteiger partial charge >= 0.3 is 11.9 Å². The van der Waals surface area contributed by atoms with Crippen LogP contribution in [0.15, 0.2) is 41.4 Å². The number of thioether (sulfide) groups is 1. The molecule has 1 fully saturated rings. The van der Waals surface area contributed by atoms with Crippen molar-refractivity contribution >= 4 is 29.5 Å². The number of carbonyl (C=O) groups excluding carboxylic acids is 1. The van der Waals surface area contributed by atoms with E-state index in [-0.39, 0.29) is 12.4 Å². The van der Waals surface area contributed by atoms with Crippen LogP contribution >= 0.6 is 11.8 Å². The summed E-state index contributed by atoms with van der Waals surface area (Å²) in [6.07, 6.45) is 0.